The summed E-state index contributed by atoms with van der Waals surface area (Å²) in [5, 5.41) is 12.3. The molecule has 0 unspecified atom stereocenters. The van der Waals surface area contributed by atoms with Gasteiger partial charge in [0.05, 0.1) is 66.9 Å². The van der Waals surface area contributed by atoms with Crippen molar-refractivity contribution in [2.45, 2.75) is 0 Å². The van der Waals surface area contributed by atoms with Gasteiger partial charge in [-0.3, -0.25) is 0 Å². The zero-order valence-electron chi connectivity index (χ0n) is 66.4. The number of hydrogen-bond acceptors (Lipinski definition) is 3. The van der Waals surface area contributed by atoms with Gasteiger partial charge in [0.1, 0.15) is 0 Å². The molecule has 0 aliphatic rings. The quantitative estimate of drug-likeness (QED) is 0.116. The van der Waals surface area contributed by atoms with Crippen molar-refractivity contribution < 1.29 is 0 Å². The van der Waals surface area contributed by atoms with E-state index in [1.165, 1.54) is 115 Å². The van der Waals surface area contributed by atoms with Crippen molar-refractivity contribution in [2.24, 2.45) is 0 Å². The van der Waals surface area contributed by atoms with Gasteiger partial charge in [0, 0.05) is 93.7 Å². The monoisotopic (exact) mass is 1550 g/mol. The van der Waals surface area contributed by atoms with Gasteiger partial charge in [0.15, 0.2) is 5.82 Å². The summed E-state index contributed by atoms with van der Waals surface area (Å²) in [7, 11) is 0. The lowest BCUT2D eigenvalue weighted by atomic mass is 9.95. The number of benzene rings is 18. The normalized spacial score (nSPS) is 11.6. The van der Waals surface area contributed by atoms with Gasteiger partial charge >= 0.3 is 0 Å². The molecule has 0 atom stereocenters. The molecule has 122 heavy (non-hydrogen) atoms. The van der Waals surface area contributed by atoms with E-state index in [9.17, 15) is 0 Å². The lowest BCUT2D eigenvalue weighted by Gasteiger charge is -2.14. The van der Waals surface area contributed by atoms with E-state index in [4.69, 9.17) is 15.0 Å². The second kappa shape index (κ2) is 30.0. The lowest BCUT2D eigenvalue weighted by molar-refractivity contribution is 1.16. The first-order valence-electron chi connectivity index (χ1n) is 41.6. The highest BCUT2D eigenvalue weighted by molar-refractivity contribution is 6.28. The van der Waals surface area contributed by atoms with E-state index in [0.29, 0.717) is 5.82 Å². The fourth-order valence-electron chi connectivity index (χ4n) is 18.6. The average Bonchev–Trinajstić information content (AvgIpc) is 1.55. The molecule has 0 N–H and O–H groups in total. The Morgan fingerprint density at radius 2 is 0.484 bits per heavy atom. The standard InChI is InChI=1S/C58H38N4.C57H37N3/c1-4-15-39(16-5-1)41-27-29-44(30-28-41)52-38-51(43-19-8-3-9-20-43)59-58(60-52)45-21-14-22-47(37-45)61-54-26-13-11-24-50(54)56-55(61)36-35-49-48-23-10-12-25-53(48)62(57(49)56)46-33-31-42(32-34-46)40-17-6-2-7-18-40;1-3-16-38(17-4-1)41-22-13-25-45(34-41)60-53-30-11-9-27-48(53)49-32-33-55-56(57(49)60)50-28-10-12-31-54(50)59(55)44-24-14-23-42(35-44)52-37-43(36-51(58-52)40-19-5-2-6-20-40)47-29-15-21-39-18-7-8-26-46(39)47/h1-38H;1-37H. The molecule has 7 heteroatoms. The second-order valence-electron chi connectivity index (χ2n) is 31.3. The first-order chi connectivity index (χ1) is 60.5. The van der Waals surface area contributed by atoms with Crippen LogP contribution in [-0.2, 0) is 0 Å². The minimum absolute atomic E-state index is 0.678. The summed E-state index contributed by atoms with van der Waals surface area (Å²) in [4.78, 5) is 15.8. The molecule has 0 fully saturated rings. The molecule has 0 saturated carbocycles. The third-order valence-electron chi connectivity index (χ3n) is 24.2. The van der Waals surface area contributed by atoms with Gasteiger partial charge in [-0.1, -0.05) is 352 Å². The SMILES string of the molecule is c1ccc(-c2ccc(-c3cc(-c4ccccc4)nc(-c4cccc(-n5c6ccccc6c6c5ccc5c7ccccc7n(-c7ccc(-c8ccccc8)cc7)c56)c4)n3)cc2)cc1.c1ccc(-c2cccc(-n3c4ccccc4c4ccc5c(c6ccccc6n5-c5cccc(-c6cc(-c7cccc8ccccc78)cc(-c7ccccc7)n6)c5)c43)c2)cc1. The molecule has 0 radical (unpaired) electrons. The third kappa shape index (κ3) is 12.4. The van der Waals surface area contributed by atoms with Crippen LogP contribution in [0.3, 0.4) is 0 Å². The van der Waals surface area contributed by atoms with Crippen molar-refractivity contribution in [1.82, 2.24) is 33.2 Å². The van der Waals surface area contributed by atoms with Crippen molar-refractivity contribution in [3.05, 3.63) is 455 Å². The van der Waals surface area contributed by atoms with E-state index in [1.807, 2.05) is 12.1 Å². The van der Waals surface area contributed by atoms with Crippen LogP contribution in [0.4, 0.5) is 0 Å². The summed E-state index contributed by atoms with van der Waals surface area (Å²) in [6.07, 6.45) is 0. The van der Waals surface area contributed by atoms with Gasteiger partial charge in [-0.15, -0.1) is 0 Å². The number of hydrogen-bond donors (Lipinski definition) is 0. The van der Waals surface area contributed by atoms with Gasteiger partial charge in [-0.2, -0.15) is 0 Å². The molecule has 570 valence electrons. The predicted molar refractivity (Wildman–Crippen MR) is 510 cm³/mol. The average molecular weight is 1550 g/mol. The zero-order chi connectivity index (χ0) is 80.6. The Kier molecular flexibility index (Phi) is 17.4. The van der Waals surface area contributed by atoms with Crippen molar-refractivity contribution in [1.29, 1.82) is 0 Å². The largest absolute Gasteiger partial charge is 0.309 e. The highest BCUT2D eigenvalue weighted by atomic mass is 15.0. The predicted octanol–water partition coefficient (Wildman–Crippen LogP) is 30.1. The number of para-hydroxylation sites is 4. The Labute approximate surface area is 705 Å². The molecule has 7 nitrogen and oxygen atoms in total. The summed E-state index contributed by atoms with van der Waals surface area (Å²) >= 11 is 0. The van der Waals surface area contributed by atoms with E-state index >= 15 is 0 Å². The van der Waals surface area contributed by atoms with E-state index in [1.54, 1.807) is 0 Å². The molecule has 0 saturated heterocycles. The molecule has 6 heterocycles. The lowest BCUT2D eigenvalue weighted by Crippen LogP contribution is -1.98. The van der Waals surface area contributed by atoms with Crippen LogP contribution in [0.1, 0.15) is 0 Å². The molecule has 0 amide bonds. The highest BCUT2D eigenvalue weighted by Gasteiger charge is 2.25. The summed E-state index contributed by atoms with van der Waals surface area (Å²) in [5.41, 5.74) is 32.1. The summed E-state index contributed by atoms with van der Waals surface area (Å²) < 4.78 is 9.76. The van der Waals surface area contributed by atoms with Gasteiger partial charge in [-0.25, -0.2) is 15.0 Å². The van der Waals surface area contributed by atoms with Crippen LogP contribution in [0.2, 0.25) is 0 Å². The Hall–Kier alpha value is -16.4. The summed E-state index contributed by atoms with van der Waals surface area (Å²) in [6, 6.07) is 163. The molecule has 24 rings (SSSR count). The third-order valence-corrected chi connectivity index (χ3v) is 24.2. The maximum absolute atomic E-state index is 5.35. The van der Waals surface area contributed by atoms with Gasteiger partial charge in [-0.05, 0) is 158 Å². The first-order valence-corrected chi connectivity index (χ1v) is 41.6. The van der Waals surface area contributed by atoms with E-state index in [0.717, 1.165) is 101 Å². The van der Waals surface area contributed by atoms with Crippen molar-refractivity contribution >= 4 is 98.0 Å². The first kappa shape index (κ1) is 71.0. The fraction of sp³-hybridized carbons (Fsp3) is 0. The Bertz CT molecular complexity index is 8140. The molecular formula is C115H75N7. The van der Waals surface area contributed by atoms with Crippen LogP contribution in [0.5, 0.6) is 0 Å². The van der Waals surface area contributed by atoms with Crippen LogP contribution < -0.4 is 0 Å². The van der Waals surface area contributed by atoms with Crippen LogP contribution >= 0.6 is 0 Å². The van der Waals surface area contributed by atoms with Gasteiger partial charge in [0.2, 0.25) is 0 Å². The number of aromatic nitrogens is 7. The zero-order valence-corrected chi connectivity index (χ0v) is 66.4. The number of pyridine rings is 1. The molecular weight excluding hydrogens is 1480 g/mol. The molecule has 0 aliphatic carbocycles. The van der Waals surface area contributed by atoms with Gasteiger partial charge < -0.3 is 18.3 Å². The molecule has 6 aromatic heterocycles. The second-order valence-corrected chi connectivity index (χ2v) is 31.3. The van der Waals surface area contributed by atoms with Crippen LogP contribution in [0.15, 0.2) is 455 Å². The van der Waals surface area contributed by atoms with Crippen LogP contribution in [0, 0.1) is 0 Å². The van der Waals surface area contributed by atoms with E-state index in [-0.39, 0.29) is 0 Å². The highest BCUT2D eigenvalue weighted by Crippen LogP contribution is 2.47. The van der Waals surface area contributed by atoms with Crippen molar-refractivity contribution in [2.75, 3.05) is 0 Å². The summed E-state index contributed by atoms with van der Waals surface area (Å²) in [5.74, 6) is 0.678. The van der Waals surface area contributed by atoms with Crippen LogP contribution in [-0.4, -0.2) is 33.2 Å². The minimum Gasteiger partial charge on any atom is -0.309 e. The number of fused-ring (bicyclic) bond motifs is 15. The topological polar surface area (TPSA) is 58.4 Å². The molecule has 0 bridgehead atoms. The van der Waals surface area contributed by atoms with Gasteiger partial charge in [0.25, 0.3) is 0 Å². The Morgan fingerprint density at radius 1 is 0.156 bits per heavy atom. The molecule has 24 aromatic rings. The maximum atomic E-state index is 5.35. The molecule has 18 aromatic carbocycles. The Balaban J connectivity index is 0.000000142. The molecule has 0 spiro atoms. The molecule has 0 aliphatic heterocycles. The smallest absolute Gasteiger partial charge is 0.160 e. The van der Waals surface area contributed by atoms with E-state index < -0.39 is 0 Å². The van der Waals surface area contributed by atoms with Crippen molar-refractivity contribution in [3.63, 3.8) is 0 Å². The number of rotatable bonds is 13. The minimum atomic E-state index is 0.678. The Morgan fingerprint density at radius 3 is 1.00 bits per heavy atom. The fourth-order valence-corrected chi connectivity index (χ4v) is 18.6. The van der Waals surface area contributed by atoms with E-state index in [2.05, 4.69) is 461 Å². The summed E-state index contributed by atoms with van der Waals surface area (Å²) in [6.45, 7) is 0. The van der Waals surface area contributed by atoms with Crippen LogP contribution in [0.25, 0.3) is 222 Å². The number of nitrogens with zero attached hydrogens (tertiary/aromatic N) is 7. The maximum Gasteiger partial charge on any atom is 0.160 e. The van der Waals surface area contributed by atoms with Crippen molar-refractivity contribution in [3.8, 4) is 124 Å².